The second-order valence-corrected chi connectivity index (χ2v) is 4.51. The number of isocyanates is 2. The first-order valence-electron chi connectivity index (χ1n) is 6.07. The topological polar surface area (TPSA) is 93.0 Å². The van der Waals surface area contributed by atoms with Gasteiger partial charge in [-0.3, -0.25) is 9.59 Å². The number of carbonyl (C=O) groups is 2. The lowest BCUT2D eigenvalue weighted by atomic mass is 9.96. The van der Waals surface area contributed by atoms with Crippen LogP contribution in [0.5, 0.6) is 0 Å². The molecule has 0 heterocycles. The summed E-state index contributed by atoms with van der Waals surface area (Å²) in [6.07, 6.45) is 2.62. The first-order chi connectivity index (χ1) is 10.3. The summed E-state index contributed by atoms with van der Waals surface area (Å²) < 4.78 is 0. The van der Waals surface area contributed by atoms with E-state index in [-0.39, 0.29) is 33.6 Å². The number of ketones is 2. The van der Waals surface area contributed by atoms with E-state index in [1.165, 1.54) is 38.1 Å². The van der Waals surface area contributed by atoms with Crippen molar-refractivity contribution in [2.45, 2.75) is 13.8 Å². The molecule has 0 aliphatic heterocycles. The SMILES string of the molecule is C=C(C)C(=O)c1cc(C(=O)C(=C)C)c(N=C=O)cc1N=C=O. The van der Waals surface area contributed by atoms with Crippen molar-refractivity contribution in [3.8, 4) is 0 Å². The van der Waals surface area contributed by atoms with Crippen molar-refractivity contribution in [3.63, 3.8) is 0 Å². The molecule has 0 aromatic heterocycles. The third kappa shape index (κ3) is 3.46. The van der Waals surface area contributed by atoms with Gasteiger partial charge in [-0.15, -0.1) is 0 Å². The van der Waals surface area contributed by atoms with Crippen molar-refractivity contribution in [1.29, 1.82) is 0 Å². The Hall–Kier alpha value is -3.20. The molecule has 0 aliphatic rings. The number of hydrogen-bond donors (Lipinski definition) is 0. The Labute approximate surface area is 126 Å². The van der Waals surface area contributed by atoms with E-state index in [4.69, 9.17) is 0 Å². The summed E-state index contributed by atoms with van der Waals surface area (Å²) in [4.78, 5) is 52.1. The smallest absolute Gasteiger partial charge is 0.240 e. The first kappa shape index (κ1) is 16.9. The van der Waals surface area contributed by atoms with Gasteiger partial charge in [0.05, 0.1) is 11.4 Å². The van der Waals surface area contributed by atoms with Gasteiger partial charge in [-0.2, -0.15) is 9.98 Å². The molecule has 0 unspecified atom stereocenters. The molecule has 0 fully saturated rings. The molecule has 0 saturated carbocycles. The summed E-state index contributed by atoms with van der Waals surface area (Å²) in [5.41, 5.74) is 0.256. The molecule has 6 nitrogen and oxygen atoms in total. The van der Waals surface area contributed by atoms with E-state index in [1.807, 2.05) is 0 Å². The largest absolute Gasteiger partial charge is 0.289 e. The maximum Gasteiger partial charge on any atom is 0.240 e. The number of allylic oxidation sites excluding steroid dienone is 2. The van der Waals surface area contributed by atoms with Crippen LogP contribution in [0.25, 0.3) is 0 Å². The van der Waals surface area contributed by atoms with Crippen molar-refractivity contribution in [2.75, 3.05) is 0 Å². The van der Waals surface area contributed by atoms with E-state index < -0.39 is 11.6 Å². The van der Waals surface area contributed by atoms with Crippen LogP contribution in [0.1, 0.15) is 34.6 Å². The van der Waals surface area contributed by atoms with Gasteiger partial charge in [0, 0.05) is 11.1 Å². The fourth-order valence-electron chi connectivity index (χ4n) is 1.68. The average molecular weight is 296 g/mol. The second kappa shape index (κ2) is 6.99. The molecule has 6 heteroatoms. The molecule has 1 aromatic rings. The number of aliphatic imine (C=N–C) groups is 2. The lowest BCUT2D eigenvalue weighted by molar-refractivity contribution is 0.103. The molecule has 1 rings (SSSR count). The molecule has 0 N–H and O–H groups in total. The van der Waals surface area contributed by atoms with Crippen molar-refractivity contribution in [2.24, 2.45) is 9.98 Å². The van der Waals surface area contributed by atoms with Crippen LogP contribution in [0.15, 0.2) is 46.4 Å². The predicted octanol–water partition coefficient (Wildman–Crippen LogP) is 3.14. The van der Waals surface area contributed by atoms with Gasteiger partial charge in [0.2, 0.25) is 12.2 Å². The van der Waals surface area contributed by atoms with Crippen LogP contribution < -0.4 is 0 Å². The van der Waals surface area contributed by atoms with Crippen LogP contribution >= 0.6 is 0 Å². The van der Waals surface area contributed by atoms with Crippen LogP contribution in [0.3, 0.4) is 0 Å². The zero-order chi connectivity index (χ0) is 16.9. The van der Waals surface area contributed by atoms with Crippen molar-refractivity contribution >= 4 is 35.1 Å². The Morgan fingerprint density at radius 1 is 0.864 bits per heavy atom. The summed E-state index contributed by atoms with van der Waals surface area (Å²) in [5, 5.41) is 0. The third-order valence-electron chi connectivity index (χ3n) is 2.71. The van der Waals surface area contributed by atoms with E-state index in [0.29, 0.717) is 0 Å². The maximum absolute atomic E-state index is 12.1. The summed E-state index contributed by atoms with van der Waals surface area (Å²) in [6, 6.07) is 2.38. The Kier molecular flexibility index (Phi) is 5.36. The number of benzene rings is 1. The van der Waals surface area contributed by atoms with Crippen LogP contribution in [-0.2, 0) is 9.59 Å². The molecule has 0 radical (unpaired) electrons. The highest BCUT2D eigenvalue weighted by Crippen LogP contribution is 2.32. The molecule has 0 aliphatic carbocycles. The molecule has 22 heavy (non-hydrogen) atoms. The summed E-state index contributed by atoms with van der Waals surface area (Å²) >= 11 is 0. The van der Waals surface area contributed by atoms with Crippen molar-refractivity contribution in [1.82, 2.24) is 0 Å². The van der Waals surface area contributed by atoms with E-state index in [9.17, 15) is 19.2 Å². The molecule has 0 spiro atoms. The molecule has 0 bridgehead atoms. The minimum Gasteiger partial charge on any atom is -0.289 e. The molecular weight excluding hydrogens is 284 g/mol. The van der Waals surface area contributed by atoms with Gasteiger partial charge >= 0.3 is 0 Å². The zero-order valence-electron chi connectivity index (χ0n) is 12.1. The highest BCUT2D eigenvalue weighted by Gasteiger charge is 2.20. The van der Waals surface area contributed by atoms with Crippen LogP contribution in [-0.4, -0.2) is 23.7 Å². The molecular formula is C16H12N2O4. The highest BCUT2D eigenvalue weighted by molar-refractivity contribution is 6.16. The van der Waals surface area contributed by atoms with E-state index in [1.54, 1.807) is 0 Å². The minimum atomic E-state index is -0.494. The fraction of sp³-hybridized carbons (Fsp3) is 0.125. The molecule has 0 atom stereocenters. The van der Waals surface area contributed by atoms with Gasteiger partial charge < -0.3 is 0 Å². The Bertz CT molecular complexity index is 729. The number of nitrogens with zero attached hydrogens (tertiary/aromatic N) is 2. The van der Waals surface area contributed by atoms with Crippen LogP contribution in [0.2, 0.25) is 0 Å². The van der Waals surface area contributed by atoms with Crippen molar-refractivity contribution in [3.05, 3.63) is 47.6 Å². The van der Waals surface area contributed by atoms with E-state index >= 15 is 0 Å². The van der Waals surface area contributed by atoms with Gasteiger partial charge in [0.25, 0.3) is 0 Å². The van der Waals surface area contributed by atoms with Gasteiger partial charge in [-0.25, -0.2) is 9.59 Å². The fourth-order valence-corrected chi connectivity index (χ4v) is 1.68. The number of Topliss-reactive ketones (excluding diaryl/α,β-unsaturated/α-hetero) is 2. The van der Waals surface area contributed by atoms with Crippen LogP contribution in [0.4, 0.5) is 11.4 Å². The normalized spacial score (nSPS) is 9.18. The quantitative estimate of drug-likeness (QED) is 0.349. The minimum absolute atomic E-state index is 0.00898. The summed E-state index contributed by atoms with van der Waals surface area (Å²) in [5.74, 6) is -0.988. The molecule has 1 aromatic carbocycles. The average Bonchev–Trinajstić information content (AvgIpc) is 2.46. The molecule has 0 saturated heterocycles. The van der Waals surface area contributed by atoms with Crippen LogP contribution in [0, 0.1) is 0 Å². The lowest BCUT2D eigenvalue weighted by Crippen LogP contribution is -2.06. The van der Waals surface area contributed by atoms with Gasteiger partial charge in [0.1, 0.15) is 0 Å². The van der Waals surface area contributed by atoms with Crippen molar-refractivity contribution < 1.29 is 19.2 Å². The number of rotatable bonds is 6. The Morgan fingerprint density at radius 2 is 1.23 bits per heavy atom. The Morgan fingerprint density at radius 3 is 1.50 bits per heavy atom. The number of hydrogen-bond acceptors (Lipinski definition) is 6. The molecule has 110 valence electrons. The summed E-state index contributed by atoms with van der Waals surface area (Å²) in [6.45, 7) is 10.0. The monoisotopic (exact) mass is 296 g/mol. The van der Waals surface area contributed by atoms with Gasteiger partial charge in [-0.1, -0.05) is 13.2 Å². The highest BCUT2D eigenvalue weighted by atomic mass is 16.1. The second-order valence-electron chi connectivity index (χ2n) is 4.51. The lowest BCUT2D eigenvalue weighted by Gasteiger charge is -2.09. The predicted molar refractivity (Wildman–Crippen MR) is 80.3 cm³/mol. The summed E-state index contributed by atoms with van der Waals surface area (Å²) in [7, 11) is 0. The van der Waals surface area contributed by atoms with Gasteiger partial charge in [-0.05, 0) is 37.1 Å². The Balaban J connectivity index is 3.80. The van der Waals surface area contributed by atoms with E-state index in [0.717, 1.165) is 0 Å². The standard InChI is InChI=1S/C16H12N2O4/c1-9(2)15(21)11-5-12(16(22)10(3)4)14(18-8-20)6-13(11)17-7-19/h5-6H,1,3H2,2,4H3. The molecule has 0 amide bonds. The first-order valence-corrected chi connectivity index (χ1v) is 6.07. The third-order valence-corrected chi connectivity index (χ3v) is 2.71. The zero-order valence-corrected chi connectivity index (χ0v) is 12.1. The number of carbonyl (C=O) groups excluding carboxylic acids is 4. The van der Waals surface area contributed by atoms with Gasteiger partial charge in [0.15, 0.2) is 11.6 Å². The maximum atomic E-state index is 12.1. The van der Waals surface area contributed by atoms with E-state index in [2.05, 4.69) is 23.1 Å².